The highest BCUT2D eigenvalue weighted by atomic mass is 35.5. The zero-order chi connectivity index (χ0) is 22.2. The van der Waals surface area contributed by atoms with Crippen molar-refractivity contribution in [1.29, 1.82) is 0 Å². The van der Waals surface area contributed by atoms with Gasteiger partial charge in [0.25, 0.3) is 5.91 Å². The molecule has 0 saturated heterocycles. The minimum absolute atomic E-state index is 0.147. The van der Waals surface area contributed by atoms with Gasteiger partial charge in [0.1, 0.15) is 5.75 Å². The molecule has 0 unspecified atom stereocenters. The highest BCUT2D eigenvalue weighted by Gasteiger charge is 2.29. The Morgan fingerprint density at radius 3 is 2.69 bits per heavy atom. The minimum Gasteiger partial charge on any atom is -0.493 e. The predicted octanol–water partition coefficient (Wildman–Crippen LogP) is 5.27. The molecule has 6 heteroatoms. The zero-order valence-corrected chi connectivity index (χ0v) is 18.8. The van der Waals surface area contributed by atoms with Crippen molar-refractivity contribution < 1.29 is 9.53 Å². The van der Waals surface area contributed by atoms with Crippen LogP contribution in [0.2, 0.25) is 5.02 Å². The Hall–Kier alpha value is -3.28. The van der Waals surface area contributed by atoms with Crippen LogP contribution in [-0.2, 0) is 17.8 Å². The quantitative estimate of drug-likeness (QED) is 0.525. The second kappa shape index (κ2) is 8.34. The van der Waals surface area contributed by atoms with Crippen molar-refractivity contribution in [1.82, 2.24) is 4.90 Å². The number of fused-ring (bicyclic) bond motifs is 2. The maximum Gasteiger partial charge on any atom is 0.258 e. The van der Waals surface area contributed by atoms with E-state index in [1.54, 1.807) is 6.07 Å². The first-order valence-corrected chi connectivity index (χ1v) is 11.0. The molecular formula is C26H24ClN3O2. The lowest BCUT2D eigenvalue weighted by Crippen LogP contribution is -2.11. The number of hydrogen-bond donors (Lipinski definition) is 2. The van der Waals surface area contributed by atoms with Gasteiger partial charge in [0, 0.05) is 29.2 Å². The van der Waals surface area contributed by atoms with Gasteiger partial charge in [0.15, 0.2) is 0 Å². The number of amides is 1. The van der Waals surface area contributed by atoms with Gasteiger partial charge in [0.2, 0.25) is 0 Å². The number of carbonyl (C=O) groups is 1. The van der Waals surface area contributed by atoms with E-state index in [1.807, 2.05) is 36.4 Å². The number of nitrogens with one attached hydrogen (secondary N) is 2. The van der Waals surface area contributed by atoms with Gasteiger partial charge in [-0.1, -0.05) is 29.8 Å². The molecule has 162 valence electrons. The van der Waals surface area contributed by atoms with E-state index < -0.39 is 0 Å². The number of nitrogens with zero attached hydrogens (tertiary/aromatic N) is 1. The molecule has 2 aliphatic heterocycles. The molecule has 2 N–H and O–H groups in total. The van der Waals surface area contributed by atoms with Crippen LogP contribution in [0.1, 0.15) is 22.3 Å². The maximum absolute atomic E-state index is 13.1. The second-order valence-corrected chi connectivity index (χ2v) is 8.81. The van der Waals surface area contributed by atoms with Crippen molar-refractivity contribution in [3.63, 3.8) is 0 Å². The number of ether oxygens (including phenoxy) is 1. The molecule has 5 rings (SSSR count). The molecular weight excluding hydrogens is 422 g/mol. The van der Waals surface area contributed by atoms with E-state index in [9.17, 15) is 4.79 Å². The highest BCUT2D eigenvalue weighted by Crippen LogP contribution is 2.40. The Morgan fingerprint density at radius 2 is 1.91 bits per heavy atom. The van der Waals surface area contributed by atoms with Crippen LogP contribution in [0.3, 0.4) is 0 Å². The second-order valence-electron chi connectivity index (χ2n) is 8.37. The van der Waals surface area contributed by atoms with Crippen LogP contribution in [0.5, 0.6) is 5.75 Å². The Labute approximate surface area is 192 Å². The van der Waals surface area contributed by atoms with E-state index in [0.717, 1.165) is 52.5 Å². The number of hydrogen-bond acceptors (Lipinski definition) is 4. The van der Waals surface area contributed by atoms with Crippen LogP contribution in [-0.4, -0.2) is 31.5 Å². The fourth-order valence-corrected chi connectivity index (χ4v) is 4.39. The molecule has 32 heavy (non-hydrogen) atoms. The van der Waals surface area contributed by atoms with Gasteiger partial charge in [-0.2, -0.15) is 0 Å². The monoisotopic (exact) mass is 445 g/mol. The van der Waals surface area contributed by atoms with Crippen LogP contribution < -0.4 is 15.4 Å². The smallest absolute Gasteiger partial charge is 0.258 e. The van der Waals surface area contributed by atoms with Crippen LogP contribution in [0.4, 0.5) is 11.4 Å². The van der Waals surface area contributed by atoms with Gasteiger partial charge in [0.05, 0.1) is 23.6 Å². The number of carbonyl (C=O) groups excluding carboxylic acids is 1. The van der Waals surface area contributed by atoms with E-state index in [2.05, 4.69) is 47.8 Å². The van der Waals surface area contributed by atoms with E-state index in [-0.39, 0.29) is 5.91 Å². The molecule has 0 radical (unpaired) electrons. The van der Waals surface area contributed by atoms with E-state index >= 15 is 0 Å². The molecule has 0 saturated carbocycles. The fourth-order valence-electron chi connectivity index (χ4n) is 4.22. The number of benzene rings is 3. The molecule has 2 aliphatic rings. The number of halogens is 1. The molecule has 0 atom stereocenters. The summed E-state index contributed by atoms with van der Waals surface area (Å²) in [6.45, 7) is 1.56. The van der Waals surface area contributed by atoms with Crippen molar-refractivity contribution in [2.45, 2.75) is 13.0 Å². The standard InChI is InChI=1S/C26H24ClN3O2/c1-30(2)15-16-3-7-20(8-4-16)28-25(18-5-10-23-17(13-18)11-12-32-23)24-21-9-6-19(27)14-22(21)29-26(24)31/h3-10,13-14,28H,11-12,15H2,1-2H3,(H,29,31). The summed E-state index contributed by atoms with van der Waals surface area (Å²) >= 11 is 6.16. The van der Waals surface area contributed by atoms with Crippen LogP contribution in [0, 0.1) is 0 Å². The molecule has 5 nitrogen and oxygen atoms in total. The molecule has 0 spiro atoms. The summed E-state index contributed by atoms with van der Waals surface area (Å²) in [5.74, 6) is 0.764. The summed E-state index contributed by atoms with van der Waals surface area (Å²) in [6, 6.07) is 19.9. The van der Waals surface area contributed by atoms with Crippen molar-refractivity contribution in [3.8, 4) is 5.75 Å². The third-order valence-electron chi connectivity index (χ3n) is 5.68. The van der Waals surface area contributed by atoms with Crippen molar-refractivity contribution >= 4 is 40.2 Å². The number of anilines is 2. The van der Waals surface area contributed by atoms with Gasteiger partial charge in [-0.25, -0.2) is 0 Å². The molecule has 0 aromatic heterocycles. The summed E-state index contributed by atoms with van der Waals surface area (Å²) in [4.78, 5) is 15.2. The zero-order valence-electron chi connectivity index (χ0n) is 18.0. The first-order valence-electron chi connectivity index (χ1n) is 10.6. The van der Waals surface area contributed by atoms with Gasteiger partial charge < -0.3 is 20.3 Å². The molecule has 0 aliphatic carbocycles. The third kappa shape index (κ3) is 3.97. The molecule has 0 fully saturated rings. The summed E-state index contributed by atoms with van der Waals surface area (Å²) in [7, 11) is 4.10. The summed E-state index contributed by atoms with van der Waals surface area (Å²) in [5.41, 5.74) is 7.17. The van der Waals surface area contributed by atoms with Gasteiger partial charge in [-0.05, 0) is 73.3 Å². The minimum atomic E-state index is -0.147. The topological polar surface area (TPSA) is 53.6 Å². The Balaban J connectivity index is 1.61. The average Bonchev–Trinajstić information content (AvgIpc) is 3.35. The third-order valence-corrected chi connectivity index (χ3v) is 5.91. The van der Waals surface area contributed by atoms with Crippen molar-refractivity contribution in [2.24, 2.45) is 0 Å². The SMILES string of the molecule is CN(C)Cc1ccc(NC(=C2C(=O)Nc3cc(Cl)ccc32)c2ccc3c(c2)CCO3)cc1. The first kappa shape index (κ1) is 20.6. The summed E-state index contributed by atoms with van der Waals surface area (Å²) in [6.07, 6.45) is 0.864. The van der Waals surface area contributed by atoms with E-state index in [1.165, 1.54) is 5.56 Å². The van der Waals surface area contributed by atoms with Crippen LogP contribution in [0.25, 0.3) is 11.3 Å². The van der Waals surface area contributed by atoms with Gasteiger partial charge >= 0.3 is 0 Å². The summed E-state index contributed by atoms with van der Waals surface area (Å²) < 4.78 is 5.68. The number of rotatable bonds is 5. The Morgan fingerprint density at radius 1 is 1.09 bits per heavy atom. The average molecular weight is 446 g/mol. The summed E-state index contributed by atoms with van der Waals surface area (Å²) in [5, 5.41) is 7.07. The molecule has 3 aromatic carbocycles. The first-order chi connectivity index (χ1) is 15.5. The lowest BCUT2D eigenvalue weighted by molar-refractivity contribution is -0.110. The van der Waals surface area contributed by atoms with Gasteiger partial charge in [-0.15, -0.1) is 0 Å². The Bertz CT molecular complexity index is 1230. The normalized spacial score (nSPS) is 15.8. The van der Waals surface area contributed by atoms with Crippen LogP contribution >= 0.6 is 11.6 Å². The maximum atomic E-state index is 13.1. The lowest BCUT2D eigenvalue weighted by Gasteiger charge is -2.16. The van der Waals surface area contributed by atoms with Crippen LogP contribution in [0.15, 0.2) is 60.7 Å². The highest BCUT2D eigenvalue weighted by molar-refractivity contribution is 6.38. The van der Waals surface area contributed by atoms with Crippen molar-refractivity contribution in [2.75, 3.05) is 31.3 Å². The fraction of sp³-hybridized carbons (Fsp3) is 0.192. The largest absolute Gasteiger partial charge is 0.493 e. The van der Waals surface area contributed by atoms with E-state index in [0.29, 0.717) is 17.2 Å². The van der Waals surface area contributed by atoms with E-state index in [4.69, 9.17) is 16.3 Å². The predicted molar refractivity (Wildman–Crippen MR) is 130 cm³/mol. The lowest BCUT2D eigenvalue weighted by atomic mass is 9.98. The molecule has 2 heterocycles. The van der Waals surface area contributed by atoms with Gasteiger partial charge in [-0.3, -0.25) is 4.79 Å². The van der Waals surface area contributed by atoms with Crippen molar-refractivity contribution in [3.05, 3.63) is 87.9 Å². The Kier molecular flexibility index (Phi) is 5.37. The molecule has 0 bridgehead atoms. The molecule has 1 amide bonds. The molecule has 3 aromatic rings.